The number of nitrogens with one attached hydrogen (secondary N) is 1. The van der Waals surface area contributed by atoms with Crippen LogP contribution in [0.2, 0.25) is 0 Å². The molecule has 6 rings (SSSR count). The molecule has 2 amide bonds. The highest BCUT2D eigenvalue weighted by molar-refractivity contribution is 5.99. The van der Waals surface area contributed by atoms with Gasteiger partial charge in [-0.3, -0.25) is 9.59 Å². The number of benzene rings is 3. The molecular weight excluding hydrogens is 620 g/mol. The van der Waals surface area contributed by atoms with Gasteiger partial charge in [-0.25, -0.2) is 0 Å². The lowest BCUT2D eigenvalue weighted by molar-refractivity contribution is -0.118. The number of amides is 2. The fourth-order valence-electron chi connectivity index (χ4n) is 6.53. The summed E-state index contributed by atoms with van der Waals surface area (Å²) in [5.74, 6) is 0.0681. The van der Waals surface area contributed by atoms with Gasteiger partial charge in [0, 0.05) is 29.6 Å². The van der Waals surface area contributed by atoms with E-state index in [1.807, 2.05) is 24.3 Å². The molecule has 0 spiro atoms. The van der Waals surface area contributed by atoms with E-state index in [0.29, 0.717) is 51.5 Å². The van der Waals surface area contributed by atoms with E-state index in [4.69, 9.17) is 23.4 Å². The first-order chi connectivity index (χ1) is 23.3. The molecule has 12 heteroatoms. The number of rotatable bonds is 12. The van der Waals surface area contributed by atoms with Crippen molar-refractivity contribution < 1.29 is 48.3 Å². The van der Waals surface area contributed by atoms with Crippen LogP contribution >= 0.6 is 0 Å². The van der Waals surface area contributed by atoms with Crippen molar-refractivity contribution >= 4 is 22.8 Å². The monoisotopic (exact) mass is 658 g/mol. The van der Waals surface area contributed by atoms with Gasteiger partial charge in [0.25, 0.3) is 5.91 Å². The second-order valence-electron chi connectivity index (χ2n) is 11.6. The average Bonchev–Trinajstić information content (AvgIpc) is 3.74. The molecule has 1 aliphatic carbocycles. The predicted molar refractivity (Wildman–Crippen MR) is 175 cm³/mol. The maximum absolute atomic E-state index is 14.5. The van der Waals surface area contributed by atoms with Gasteiger partial charge in [0.15, 0.2) is 28.6 Å². The van der Waals surface area contributed by atoms with E-state index in [2.05, 4.69) is 5.32 Å². The van der Waals surface area contributed by atoms with E-state index in [-0.39, 0.29) is 37.6 Å². The van der Waals surface area contributed by atoms with Crippen LogP contribution in [-0.4, -0.2) is 91.3 Å². The quantitative estimate of drug-likeness (QED) is 0.178. The molecule has 0 unspecified atom stereocenters. The molecule has 12 nitrogen and oxygen atoms in total. The van der Waals surface area contributed by atoms with Gasteiger partial charge in [-0.05, 0) is 60.0 Å². The number of aliphatic hydroxyl groups is 3. The summed E-state index contributed by atoms with van der Waals surface area (Å²) in [7, 11) is 4.56. The molecule has 0 saturated heterocycles. The zero-order valence-corrected chi connectivity index (χ0v) is 26.8. The van der Waals surface area contributed by atoms with E-state index >= 15 is 0 Å². The molecule has 4 aromatic rings. The lowest BCUT2D eigenvalue weighted by Gasteiger charge is -2.40. The first-order valence-corrected chi connectivity index (χ1v) is 15.6. The molecule has 4 N–H and O–H groups in total. The SMILES string of the molecule is COc1cccc(CCN(C(=O)c2cc3cccc(OC)c3o2)[C@@H]2C=C(C(=O)NCCO)[C@@H]3c4cc(CO)cc(OC)c4O[C@@H]3[C@H]2O)c1. The van der Waals surface area contributed by atoms with Gasteiger partial charge in [0.2, 0.25) is 5.91 Å². The van der Waals surface area contributed by atoms with Crippen molar-refractivity contribution in [2.24, 2.45) is 0 Å². The molecule has 2 heterocycles. The Hall–Kier alpha value is -5.04. The summed E-state index contributed by atoms with van der Waals surface area (Å²) < 4.78 is 28.8. The highest BCUT2D eigenvalue weighted by Gasteiger charge is 2.51. The van der Waals surface area contributed by atoms with Crippen LogP contribution in [0.4, 0.5) is 0 Å². The maximum atomic E-state index is 14.5. The van der Waals surface area contributed by atoms with E-state index in [9.17, 15) is 24.9 Å². The van der Waals surface area contributed by atoms with Crippen molar-refractivity contribution in [2.45, 2.75) is 37.2 Å². The largest absolute Gasteiger partial charge is 0.497 e. The van der Waals surface area contributed by atoms with Gasteiger partial charge in [-0.2, -0.15) is 0 Å². The first kappa shape index (κ1) is 32.9. The Morgan fingerprint density at radius 3 is 2.46 bits per heavy atom. The van der Waals surface area contributed by atoms with Crippen LogP contribution in [0.25, 0.3) is 11.0 Å². The van der Waals surface area contributed by atoms with Crippen molar-refractivity contribution in [3.63, 3.8) is 0 Å². The highest BCUT2D eigenvalue weighted by Crippen LogP contribution is 2.51. The Morgan fingerprint density at radius 2 is 1.73 bits per heavy atom. The fraction of sp³-hybridized carbons (Fsp3) is 0.333. The van der Waals surface area contributed by atoms with Crippen LogP contribution in [0.5, 0.6) is 23.0 Å². The lowest BCUT2D eigenvalue weighted by atomic mass is 9.77. The molecule has 4 atom stereocenters. The summed E-state index contributed by atoms with van der Waals surface area (Å²) in [6.45, 7) is -0.438. The van der Waals surface area contributed by atoms with Crippen molar-refractivity contribution in [3.05, 3.63) is 94.8 Å². The number of carbonyl (C=O) groups excluding carboxylic acids is 2. The van der Waals surface area contributed by atoms with Gasteiger partial charge >= 0.3 is 0 Å². The van der Waals surface area contributed by atoms with Crippen LogP contribution in [0.3, 0.4) is 0 Å². The Labute approximate surface area is 277 Å². The molecule has 0 radical (unpaired) electrons. The number of hydrogen-bond acceptors (Lipinski definition) is 10. The van der Waals surface area contributed by atoms with Gasteiger partial charge in [-0.1, -0.05) is 24.3 Å². The molecule has 48 heavy (non-hydrogen) atoms. The second-order valence-corrected chi connectivity index (χ2v) is 11.6. The number of nitrogens with zero attached hydrogens (tertiary/aromatic N) is 1. The number of fused-ring (bicyclic) bond motifs is 4. The summed E-state index contributed by atoms with van der Waals surface area (Å²) in [6, 6.07) is 16.7. The standard InChI is InChI=1S/C36H38N2O10/c1-44-23-8-4-6-20(14-23)10-12-38(36(43)29-17-22-7-5-9-27(45-2)32(22)47-29)26-18-25(35(42)37-11-13-39)30-24-15-21(19-40)16-28(46-3)33(24)48-34(30)31(26)41/h4-9,14-18,26,30-31,34,39-41H,10-13,19H2,1-3H3,(H,37,42)/t26-,30+,31+,34+/m1/s1. The third-order valence-electron chi connectivity index (χ3n) is 8.83. The van der Waals surface area contributed by atoms with E-state index in [1.165, 1.54) is 19.1 Å². The third kappa shape index (κ3) is 6.05. The molecule has 0 saturated carbocycles. The Balaban J connectivity index is 1.45. The van der Waals surface area contributed by atoms with Crippen molar-refractivity contribution in [1.29, 1.82) is 0 Å². The molecule has 1 aromatic heterocycles. The van der Waals surface area contributed by atoms with Gasteiger partial charge in [-0.15, -0.1) is 0 Å². The Morgan fingerprint density at radius 1 is 0.938 bits per heavy atom. The Bertz CT molecular complexity index is 1850. The van der Waals surface area contributed by atoms with Gasteiger partial charge in [0.1, 0.15) is 18.0 Å². The molecule has 1 aliphatic heterocycles. The number of furan rings is 1. The second kappa shape index (κ2) is 14.0. The van der Waals surface area contributed by atoms with Crippen molar-refractivity contribution in [1.82, 2.24) is 10.2 Å². The van der Waals surface area contributed by atoms with Gasteiger partial charge in [0.05, 0.1) is 46.5 Å². The number of para-hydroxylation sites is 1. The Kier molecular flexibility index (Phi) is 9.58. The normalized spacial score (nSPS) is 19.5. The molecule has 0 bridgehead atoms. The molecule has 0 fully saturated rings. The first-order valence-electron chi connectivity index (χ1n) is 15.6. The summed E-state index contributed by atoms with van der Waals surface area (Å²) in [6.07, 6.45) is -0.317. The predicted octanol–water partition coefficient (Wildman–Crippen LogP) is 2.96. The minimum Gasteiger partial charge on any atom is -0.497 e. The topological polar surface area (TPSA) is 160 Å². The summed E-state index contributed by atoms with van der Waals surface area (Å²) in [4.78, 5) is 29.6. The zero-order valence-electron chi connectivity index (χ0n) is 26.8. The fourth-order valence-corrected chi connectivity index (χ4v) is 6.53. The van der Waals surface area contributed by atoms with E-state index < -0.39 is 36.0 Å². The van der Waals surface area contributed by atoms with Gasteiger partial charge < -0.3 is 48.9 Å². The summed E-state index contributed by atoms with van der Waals surface area (Å²) in [5.41, 5.74) is 2.63. The van der Waals surface area contributed by atoms with Crippen LogP contribution in [0.1, 0.15) is 33.2 Å². The number of hydrogen-bond donors (Lipinski definition) is 4. The molecule has 2 aliphatic rings. The minimum atomic E-state index is -1.30. The number of aliphatic hydroxyl groups excluding tert-OH is 3. The summed E-state index contributed by atoms with van der Waals surface area (Å²) in [5, 5.41) is 34.8. The average molecular weight is 659 g/mol. The van der Waals surface area contributed by atoms with E-state index in [1.54, 1.807) is 49.6 Å². The van der Waals surface area contributed by atoms with E-state index in [0.717, 1.165) is 5.56 Å². The molecular formula is C36H38N2O10. The van der Waals surface area contributed by atoms with Crippen molar-refractivity contribution in [2.75, 3.05) is 41.0 Å². The zero-order chi connectivity index (χ0) is 33.9. The number of methoxy groups -OCH3 is 3. The number of ether oxygens (including phenoxy) is 4. The van der Waals surface area contributed by atoms with Crippen LogP contribution in [0, 0.1) is 0 Å². The van der Waals surface area contributed by atoms with Crippen molar-refractivity contribution in [3.8, 4) is 23.0 Å². The highest BCUT2D eigenvalue weighted by atomic mass is 16.5. The smallest absolute Gasteiger partial charge is 0.290 e. The lowest BCUT2D eigenvalue weighted by Crippen LogP contribution is -2.56. The molecule has 3 aromatic carbocycles. The molecule has 252 valence electrons. The summed E-state index contributed by atoms with van der Waals surface area (Å²) >= 11 is 0. The number of carbonyl (C=O) groups is 2. The maximum Gasteiger partial charge on any atom is 0.290 e. The van der Waals surface area contributed by atoms with Crippen LogP contribution < -0.4 is 24.3 Å². The van der Waals surface area contributed by atoms with Crippen LogP contribution in [0.15, 0.2) is 76.7 Å². The minimum absolute atomic E-state index is 0.00615. The van der Waals surface area contributed by atoms with Crippen LogP contribution in [-0.2, 0) is 17.8 Å². The third-order valence-corrected chi connectivity index (χ3v) is 8.83.